The SMILES string of the molecule is c1ccc(-c2nc(-c3ccc4ccccc4c3)nc(-c3cc4cc(-n5c6ccccc6c6ccc7c8ccccc8oc7c65)ccc4c4oc5ccccc5c34)n2)cc1. The predicted octanol–water partition coefficient (Wildman–Crippen LogP) is 14.1. The molecule has 0 N–H and O–H groups in total. The van der Waals surface area contributed by atoms with Crippen molar-refractivity contribution in [2.24, 2.45) is 0 Å². The highest BCUT2D eigenvalue weighted by atomic mass is 16.3. The van der Waals surface area contributed by atoms with Gasteiger partial charge in [-0.05, 0) is 70.8 Å². The van der Waals surface area contributed by atoms with Gasteiger partial charge in [-0.2, -0.15) is 0 Å². The molecule has 4 aromatic heterocycles. The van der Waals surface area contributed by atoms with Gasteiger partial charge in [-0.25, -0.2) is 15.0 Å². The molecule has 0 bridgehead atoms. The molecule has 274 valence electrons. The minimum atomic E-state index is 0.576. The van der Waals surface area contributed by atoms with Gasteiger partial charge in [-0.3, -0.25) is 0 Å². The largest absolute Gasteiger partial charge is 0.455 e. The Morgan fingerprint density at radius 2 is 1.02 bits per heavy atom. The summed E-state index contributed by atoms with van der Waals surface area (Å²) in [5.41, 5.74) is 9.20. The van der Waals surface area contributed by atoms with Gasteiger partial charge in [0.05, 0.1) is 11.0 Å². The van der Waals surface area contributed by atoms with E-state index in [-0.39, 0.29) is 0 Å². The molecule has 59 heavy (non-hydrogen) atoms. The highest BCUT2D eigenvalue weighted by Gasteiger charge is 2.23. The molecular formula is C53H30N4O2. The van der Waals surface area contributed by atoms with E-state index in [4.69, 9.17) is 23.8 Å². The van der Waals surface area contributed by atoms with E-state index in [0.717, 1.165) is 104 Å². The fraction of sp³-hybridized carbons (Fsp3) is 0. The van der Waals surface area contributed by atoms with Crippen LogP contribution in [0.5, 0.6) is 0 Å². The normalized spacial score (nSPS) is 12.1. The molecule has 0 spiro atoms. The molecule has 0 saturated heterocycles. The van der Waals surface area contributed by atoms with Crippen molar-refractivity contribution in [3.63, 3.8) is 0 Å². The molecule has 0 amide bonds. The standard InChI is InChI=1S/C53H30N4O2/c1-2-13-32(14-3-1)51-54-52(34-23-22-31-12-4-5-15-33(31)28-34)56-53(55-51)43-30-35-29-36(24-25-37(35)49-47(43)42-18-8-11-21-46(42)58-49)57-44-19-9-6-16-38(44)40-26-27-41-39-17-7-10-20-45(39)59-50(41)48(40)57/h1-30H. The molecule has 6 heteroatoms. The van der Waals surface area contributed by atoms with Crippen LogP contribution < -0.4 is 0 Å². The van der Waals surface area contributed by atoms with E-state index >= 15 is 0 Å². The van der Waals surface area contributed by atoms with Gasteiger partial charge in [0.15, 0.2) is 23.1 Å². The van der Waals surface area contributed by atoms with Gasteiger partial charge < -0.3 is 13.4 Å². The molecule has 4 heterocycles. The maximum absolute atomic E-state index is 6.78. The molecular weight excluding hydrogens is 725 g/mol. The fourth-order valence-electron chi connectivity index (χ4n) is 9.09. The number of para-hydroxylation sites is 3. The van der Waals surface area contributed by atoms with Crippen LogP contribution in [0.4, 0.5) is 0 Å². The lowest BCUT2D eigenvalue weighted by Crippen LogP contribution is -2.01. The molecule has 13 aromatic rings. The van der Waals surface area contributed by atoms with Crippen molar-refractivity contribution < 1.29 is 8.83 Å². The van der Waals surface area contributed by atoms with Gasteiger partial charge >= 0.3 is 0 Å². The Morgan fingerprint density at radius 1 is 0.373 bits per heavy atom. The summed E-state index contributed by atoms with van der Waals surface area (Å²) in [6.07, 6.45) is 0. The van der Waals surface area contributed by atoms with Crippen molar-refractivity contribution in [3.05, 3.63) is 182 Å². The Hall–Kier alpha value is -8.09. The summed E-state index contributed by atoms with van der Waals surface area (Å²) in [5.74, 6) is 1.79. The van der Waals surface area contributed by atoms with E-state index in [0.29, 0.717) is 17.5 Å². The van der Waals surface area contributed by atoms with Gasteiger partial charge in [0, 0.05) is 60.1 Å². The Kier molecular flexibility index (Phi) is 6.63. The first-order valence-corrected chi connectivity index (χ1v) is 19.8. The lowest BCUT2D eigenvalue weighted by Gasteiger charge is -2.13. The summed E-state index contributed by atoms with van der Waals surface area (Å²) >= 11 is 0. The van der Waals surface area contributed by atoms with Gasteiger partial charge in [0.2, 0.25) is 0 Å². The van der Waals surface area contributed by atoms with Gasteiger partial charge in [0.25, 0.3) is 0 Å². The highest BCUT2D eigenvalue weighted by molar-refractivity contribution is 6.23. The van der Waals surface area contributed by atoms with E-state index in [9.17, 15) is 0 Å². The molecule has 6 nitrogen and oxygen atoms in total. The second-order valence-electron chi connectivity index (χ2n) is 15.2. The molecule has 9 aromatic carbocycles. The maximum Gasteiger partial charge on any atom is 0.164 e. The number of rotatable bonds is 4. The fourth-order valence-corrected chi connectivity index (χ4v) is 9.09. The van der Waals surface area contributed by atoms with E-state index in [1.54, 1.807) is 0 Å². The Balaban J connectivity index is 1.11. The van der Waals surface area contributed by atoms with Crippen LogP contribution in [0.1, 0.15) is 0 Å². The zero-order valence-corrected chi connectivity index (χ0v) is 31.4. The van der Waals surface area contributed by atoms with Crippen LogP contribution >= 0.6 is 0 Å². The van der Waals surface area contributed by atoms with Crippen LogP contribution in [-0.4, -0.2) is 19.5 Å². The number of fused-ring (bicyclic) bond motifs is 13. The molecule has 0 unspecified atom stereocenters. The van der Waals surface area contributed by atoms with Crippen molar-refractivity contribution in [1.29, 1.82) is 0 Å². The number of hydrogen-bond donors (Lipinski definition) is 0. The van der Waals surface area contributed by atoms with Crippen LogP contribution in [0.15, 0.2) is 191 Å². The number of aromatic nitrogens is 4. The van der Waals surface area contributed by atoms with Gasteiger partial charge in [-0.1, -0.05) is 127 Å². The lowest BCUT2D eigenvalue weighted by molar-refractivity contribution is 0.671. The minimum absolute atomic E-state index is 0.576. The monoisotopic (exact) mass is 754 g/mol. The molecule has 0 aliphatic heterocycles. The number of hydrogen-bond acceptors (Lipinski definition) is 5. The topological polar surface area (TPSA) is 69.9 Å². The van der Waals surface area contributed by atoms with Gasteiger partial charge in [-0.15, -0.1) is 0 Å². The summed E-state index contributed by atoms with van der Waals surface area (Å²) in [4.78, 5) is 15.6. The highest BCUT2D eigenvalue weighted by Crippen LogP contribution is 2.44. The first kappa shape index (κ1) is 32.0. The van der Waals surface area contributed by atoms with E-state index in [1.165, 1.54) is 5.39 Å². The quantitative estimate of drug-likeness (QED) is 0.179. The minimum Gasteiger partial charge on any atom is -0.455 e. The van der Waals surface area contributed by atoms with Crippen LogP contribution in [-0.2, 0) is 0 Å². The van der Waals surface area contributed by atoms with Crippen molar-refractivity contribution in [3.8, 4) is 39.9 Å². The van der Waals surface area contributed by atoms with Crippen molar-refractivity contribution >= 4 is 87.2 Å². The third kappa shape index (κ3) is 4.77. The predicted molar refractivity (Wildman–Crippen MR) is 240 cm³/mol. The zero-order chi connectivity index (χ0) is 38.6. The van der Waals surface area contributed by atoms with E-state index < -0.39 is 0 Å². The number of furan rings is 2. The number of nitrogens with zero attached hydrogens (tertiary/aromatic N) is 4. The Bertz CT molecular complexity index is 3860. The van der Waals surface area contributed by atoms with Crippen LogP contribution in [0.2, 0.25) is 0 Å². The van der Waals surface area contributed by atoms with Crippen LogP contribution in [0, 0.1) is 0 Å². The summed E-state index contributed by atoms with van der Waals surface area (Å²) in [5, 5.41) is 10.8. The molecule has 13 rings (SSSR count). The second kappa shape index (κ2) is 12.2. The smallest absolute Gasteiger partial charge is 0.164 e. The molecule has 0 aliphatic carbocycles. The summed E-state index contributed by atoms with van der Waals surface area (Å²) in [6, 6.07) is 63.2. The van der Waals surface area contributed by atoms with Crippen molar-refractivity contribution in [1.82, 2.24) is 19.5 Å². The third-order valence-electron chi connectivity index (χ3n) is 11.8. The van der Waals surface area contributed by atoms with E-state index in [1.807, 2.05) is 54.6 Å². The van der Waals surface area contributed by atoms with Crippen LogP contribution in [0.3, 0.4) is 0 Å². The third-order valence-corrected chi connectivity index (χ3v) is 11.8. The van der Waals surface area contributed by atoms with Crippen molar-refractivity contribution in [2.45, 2.75) is 0 Å². The average molecular weight is 755 g/mol. The lowest BCUT2D eigenvalue weighted by atomic mass is 9.99. The Morgan fingerprint density at radius 3 is 1.88 bits per heavy atom. The maximum atomic E-state index is 6.78. The second-order valence-corrected chi connectivity index (χ2v) is 15.2. The van der Waals surface area contributed by atoms with Crippen LogP contribution in [0.25, 0.3) is 127 Å². The van der Waals surface area contributed by atoms with Crippen molar-refractivity contribution in [2.75, 3.05) is 0 Å². The Labute approximate surface area is 336 Å². The average Bonchev–Trinajstić information content (AvgIpc) is 3.99. The molecule has 0 fully saturated rings. The first-order valence-electron chi connectivity index (χ1n) is 19.8. The van der Waals surface area contributed by atoms with E-state index in [2.05, 4.69) is 132 Å². The summed E-state index contributed by atoms with van der Waals surface area (Å²) < 4.78 is 15.8. The molecule has 0 saturated carbocycles. The number of benzene rings is 9. The zero-order valence-electron chi connectivity index (χ0n) is 31.4. The first-order chi connectivity index (χ1) is 29.2. The summed E-state index contributed by atoms with van der Waals surface area (Å²) in [7, 11) is 0. The molecule has 0 aliphatic rings. The van der Waals surface area contributed by atoms with Gasteiger partial charge in [0.1, 0.15) is 16.7 Å². The summed E-state index contributed by atoms with van der Waals surface area (Å²) in [6.45, 7) is 0. The molecule has 0 atom stereocenters. The molecule has 0 radical (unpaired) electrons.